The van der Waals surface area contributed by atoms with Crippen LogP contribution in [0.1, 0.15) is 52.8 Å². The topological polar surface area (TPSA) is 99.8 Å². The van der Waals surface area contributed by atoms with Crippen molar-refractivity contribution in [2.75, 3.05) is 50.5 Å². The van der Waals surface area contributed by atoms with Gasteiger partial charge in [0.05, 0.1) is 6.54 Å². The number of nitrogens with zero attached hydrogens (tertiary/aromatic N) is 1. The molecule has 3 N–H and O–H groups in total. The molecule has 0 radical (unpaired) electrons. The standard InChI is InChI=1S/C26H34N4O4/c1-34-16-8-13-27-25(32)20-9-6-11-22(17-20)28-19-24(31)29-23-12-7-10-21(18-23)26(33)30-14-4-2-3-5-15-30/h6-7,9-12,17-18,28H,2-5,8,13-16,19H2,1H3,(H,27,32)(H,29,31). The Morgan fingerprint density at radius 1 is 0.912 bits per heavy atom. The lowest BCUT2D eigenvalue weighted by molar-refractivity contribution is -0.114. The van der Waals surface area contributed by atoms with Crippen molar-refractivity contribution in [3.05, 3.63) is 59.7 Å². The molecule has 0 saturated carbocycles. The van der Waals surface area contributed by atoms with Crippen LogP contribution in [0.15, 0.2) is 48.5 Å². The lowest BCUT2D eigenvalue weighted by atomic mass is 10.1. The third-order valence-electron chi connectivity index (χ3n) is 5.68. The SMILES string of the molecule is COCCCNC(=O)c1cccc(NCC(=O)Nc2cccc(C(=O)N3CCCCCC3)c2)c1. The highest BCUT2D eigenvalue weighted by Crippen LogP contribution is 2.17. The fourth-order valence-corrected chi connectivity index (χ4v) is 3.86. The highest BCUT2D eigenvalue weighted by Gasteiger charge is 2.17. The first-order valence-corrected chi connectivity index (χ1v) is 11.9. The summed E-state index contributed by atoms with van der Waals surface area (Å²) < 4.78 is 4.98. The van der Waals surface area contributed by atoms with Gasteiger partial charge in [-0.25, -0.2) is 0 Å². The van der Waals surface area contributed by atoms with Gasteiger partial charge in [-0.05, 0) is 55.7 Å². The second-order valence-electron chi connectivity index (χ2n) is 8.37. The monoisotopic (exact) mass is 466 g/mol. The zero-order valence-corrected chi connectivity index (χ0v) is 19.8. The van der Waals surface area contributed by atoms with E-state index in [1.54, 1.807) is 55.6 Å². The highest BCUT2D eigenvalue weighted by atomic mass is 16.5. The molecular formula is C26H34N4O4. The molecule has 1 aliphatic rings. The molecule has 34 heavy (non-hydrogen) atoms. The van der Waals surface area contributed by atoms with Crippen molar-refractivity contribution < 1.29 is 19.1 Å². The summed E-state index contributed by atoms with van der Waals surface area (Å²) in [4.78, 5) is 39.5. The van der Waals surface area contributed by atoms with Crippen molar-refractivity contribution in [3.63, 3.8) is 0 Å². The number of nitrogens with one attached hydrogen (secondary N) is 3. The van der Waals surface area contributed by atoms with Gasteiger partial charge in [0.15, 0.2) is 0 Å². The van der Waals surface area contributed by atoms with E-state index in [-0.39, 0.29) is 24.3 Å². The van der Waals surface area contributed by atoms with E-state index in [9.17, 15) is 14.4 Å². The summed E-state index contributed by atoms with van der Waals surface area (Å²) in [5.74, 6) is -0.405. The number of benzene rings is 2. The Morgan fingerprint density at radius 3 is 2.32 bits per heavy atom. The van der Waals surface area contributed by atoms with E-state index in [1.165, 1.54) is 0 Å². The molecule has 8 nitrogen and oxygen atoms in total. The minimum atomic E-state index is -0.242. The molecule has 0 spiro atoms. The van der Waals surface area contributed by atoms with Crippen LogP contribution < -0.4 is 16.0 Å². The van der Waals surface area contributed by atoms with Crippen molar-refractivity contribution in [2.24, 2.45) is 0 Å². The lowest BCUT2D eigenvalue weighted by Gasteiger charge is -2.20. The molecule has 1 fully saturated rings. The first kappa shape index (κ1) is 25.2. The third kappa shape index (κ3) is 7.88. The molecule has 1 saturated heterocycles. The number of carbonyl (C=O) groups is 3. The predicted octanol–water partition coefficient (Wildman–Crippen LogP) is 3.52. The van der Waals surface area contributed by atoms with Crippen molar-refractivity contribution in [3.8, 4) is 0 Å². The predicted molar refractivity (Wildman–Crippen MR) is 133 cm³/mol. The minimum absolute atomic E-state index is 0.00781. The molecule has 2 aromatic rings. The van der Waals surface area contributed by atoms with Crippen LogP contribution in [0.3, 0.4) is 0 Å². The first-order chi connectivity index (χ1) is 16.6. The van der Waals surface area contributed by atoms with Crippen molar-refractivity contribution >= 4 is 29.1 Å². The molecule has 8 heteroatoms. The molecule has 0 bridgehead atoms. The minimum Gasteiger partial charge on any atom is -0.385 e. The zero-order chi connectivity index (χ0) is 24.2. The van der Waals surface area contributed by atoms with Crippen LogP contribution in [0.5, 0.6) is 0 Å². The summed E-state index contributed by atoms with van der Waals surface area (Å²) in [5.41, 5.74) is 2.35. The number of ether oxygens (including phenoxy) is 1. The summed E-state index contributed by atoms with van der Waals surface area (Å²) >= 11 is 0. The zero-order valence-electron chi connectivity index (χ0n) is 19.8. The molecule has 1 heterocycles. The number of anilines is 2. The number of likely N-dealkylation sites (tertiary alicyclic amines) is 1. The van der Waals surface area contributed by atoms with E-state index in [2.05, 4.69) is 16.0 Å². The molecule has 0 aliphatic carbocycles. The quantitative estimate of drug-likeness (QED) is 0.465. The molecule has 3 amide bonds. The number of methoxy groups -OCH3 is 1. The van der Waals surface area contributed by atoms with Gasteiger partial charge in [-0.1, -0.05) is 25.0 Å². The Morgan fingerprint density at radius 2 is 1.59 bits per heavy atom. The maximum absolute atomic E-state index is 12.8. The fourth-order valence-electron chi connectivity index (χ4n) is 3.86. The second kappa shape index (κ2) is 13.3. The Labute approximate surface area is 201 Å². The van der Waals surface area contributed by atoms with Crippen LogP contribution in [0.2, 0.25) is 0 Å². The van der Waals surface area contributed by atoms with E-state index in [0.29, 0.717) is 35.7 Å². The molecule has 0 aromatic heterocycles. The fraction of sp³-hybridized carbons (Fsp3) is 0.423. The number of amides is 3. The smallest absolute Gasteiger partial charge is 0.253 e. The van der Waals surface area contributed by atoms with E-state index in [4.69, 9.17) is 4.74 Å². The molecule has 0 atom stereocenters. The van der Waals surface area contributed by atoms with E-state index < -0.39 is 0 Å². The molecule has 3 rings (SSSR count). The van der Waals surface area contributed by atoms with Crippen LogP contribution in [-0.2, 0) is 9.53 Å². The van der Waals surface area contributed by atoms with Gasteiger partial charge < -0.3 is 25.6 Å². The number of carbonyl (C=O) groups excluding carboxylic acids is 3. The number of hydrogen-bond donors (Lipinski definition) is 3. The van der Waals surface area contributed by atoms with Crippen molar-refractivity contribution in [1.82, 2.24) is 10.2 Å². The molecule has 182 valence electrons. The lowest BCUT2D eigenvalue weighted by Crippen LogP contribution is -2.31. The molecule has 0 unspecified atom stereocenters. The summed E-state index contributed by atoms with van der Waals surface area (Å²) in [6, 6.07) is 14.1. The summed E-state index contributed by atoms with van der Waals surface area (Å²) in [5, 5.41) is 8.72. The van der Waals surface area contributed by atoms with Gasteiger partial charge in [-0.15, -0.1) is 0 Å². The normalized spacial score (nSPS) is 13.6. The van der Waals surface area contributed by atoms with Crippen molar-refractivity contribution in [2.45, 2.75) is 32.1 Å². The van der Waals surface area contributed by atoms with Gasteiger partial charge in [-0.3, -0.25) is 14.4 Å². The molecular weight excluding hydrogens is 432 g/mol. The molecule has 2 aromatic carbocycles. The van der Waals surface area contributed by atoms with E-state index in [1.807, 2.05) is 4.90 Å². The summed E-state index contributed by atoms with van der Waals surface area (Å²) in [7, 11) is 1.63. The van der Waals surface area contributed by atoms with Gasteiger partial charge in [0.25, 0.3) is 11.8 Å². The summed E-state index contributed by atoms with van der Waals surface area (Å²) in [6.07, 6.45) is 5.13. The van der Waals surface area contributed by atoms with E-state index >= 15 is 0 Å². The highest BCUT2D eigenvalue weighted by molar-refractivity contribution is 5.98. The number of rotatable bonds is 10. The average Bonchev–Trinajstić information content (AvgIpc) is 3.15. The number of hydrogen-bond acceptors (Lipinski definition) is 5. The average molecular weight is 467 g/mol. The Kier molecular flexibility index (Phi) is 9.91. The van der Waals surface area contributed by atoms with Gasteiger partial charge in [0, 0.05) is 55.9 Å². The summed E-state index contributed by atoms with van der Waals surface area (Å²) in [6.45, 7) is 2.72. The Balaban J connectivity index is 1.51. The Bertz CT molecular complexity index is 971. The maximum Gasteiger partial charge on any atom is 0.253 e. The van der Waals surface area contributed by atoms with Gasteiger partial charge in [0.2, 0.25) is 5.91 Å². The third-order valence-corrected chi connectivity index (χ3v) is 5.68. The second-order valence-corrected chi connectivity index (χ2v) is 8.37. The van der Waals surface area contributed by atoms with Gasteiger partial charge in [0.1, 0.15) is 0 Å². The van der Waals surface area contributed by atoms with Crippen LogP contribution in [0.4, 0.5) is 11.4 Å². The maximum atomic E-state index is 12.8. The molecule has 1 aliphatic heterocycles. The van der Waals surface area contributed by atoms with Gasteiger partial charge in [-0.2, -0.15) is 0 Å². The van der Waals surface area contributed by atoms with Gasteiger partial charge >= 0.3 is 0 Å². The largest absolute Gasteiger partial charge is 0.385 e. The van der Waals surface area contributed by atoms with E-state index in [0.717, 1.165) is 45.2 Å². The van der Waals surface area contributed by atoms with Crippen LogP contribution in [0.25, 0.3) is 0 Å². The van der Waals surface area contributed by atoms with Crippen LogP contribution in [0, 0.1) is 0 Å². The van der Waals surface area contributed by atoms with Crippen LogP contribution >= 0.6 is 0 Å². The Hall–Kier alpha value is -3.39. The van der Waals surface area contributed by atoms with Crippen molar-refractivity contribution in [1.29, 1.82) is 0 Å². The first-order valence-electron chi connectivity index (χ1n) is 11.9. The van der Waals surface area contributed by atoms with Crippen LogP contribution in [-0.4, -0.2) is 62.5 Å².